The molecule has 35 heavy (non-hydrogen) atoms. The van der Waals surface area contributed by atoms with Gasteiger partial charge in [0.15, 0.2) is 0 Å². The summed E-state index contributed by atoms with van der Waals surface area (Å²) in [6.07, 6.45) is 6.62. The first-order valence-corrected chi connectivity index (χ1v) is 10.8. The Morgan fingerprint density at radius 1 is 0.800 bits per heavy atom. The highest BCUT2D eigenvalue weighted by Crippen LogP contribution is 2.25. The van der Waals surface area contributed by atoms with Crippen LogP contribution >= 0.6 is 0 Å². The number of carbonyl (C=O) groups excluding carboxylic acids is 1. The summed E-state index contributed by atoms with van der Waals surface area (Å²) in [5, 5.41) is 19.4. The summed E-state index contributed by atoms with van der Waals surface area (Å²) in [6, 6.07) is 23.9. The van der Waals surface area contributed by atoms with Crippen molar-refractivity contribution in [1.82, 2.24) is 15.0 Å². The van der Waals surface area contributed by atoms with Gasteiger partial charge in [0.2, 0.25) is 0 Å². The first kappa shape index (κ1) is 21.6. The van der Waals surface area contributed by atoms with Gasteiger partial charge in [0.05, 0.1) is 28.4 Å². The monoisotopic (exact) mass is 457 g/mol. The maximum atomic E-state index is 12.8. The van der Waals surface area contributed by atoms with Crippen molar-refractivity contribution in [1.29, 1.82) is 5.26 Å². The van der Waals surface area contributed by atoms with E-state index in [2.05, 4.69) is 37.0 Å². The zero-order chi connectivity index (χ0) is 24.0. The summed E-state index contributed by atoms with van der Waals surface area (Å²) in [5.74, 6) is 0.304. The zero-order valence-electron chi connectivity index (χ0n) is 18.4. The van der Waals surface area contributed by atoms with Gasteiger partial charge in [0.1, 0.15) is 5.82 Å². The van der Waals surface area contributed by atoms with Crippen LogP contribution in [0.1, 0.15) is 15.9 Å². The van der Waals surface area contributed by atoms with E-state index in [1.165, 1.54) is 6.20 Å². The van der Waals surface area contributed by atoms with Gasteiger partial charge in [-0.1, -0.05) is 6.07 Å². The molecule has 0 spiro atoms. The summed E-state index contributed by atoms with van der Waals surface area (Å²) in [5.41, 5.74) is 4.93. The normalized spacial score (nSPS) is 10.4. The number of carbonyl (C=O) groups is 1. The second-order valence-electron chi connectivity index (χ2n) is 7.66. The van der Waals surface area contributed by atoms with Crippen molar-refractivity contribution in [2.24, 2.45) is 0 Å². The van der Waals surface area contributed by atoms with Crippen LogP contribution in [-0.4, -0.2) is 20.9 Å². The third-order valence-corrected chi connectivity index (χ3v) is 5.25. The van der Waals surface area contributed by atoms with Crippen LogP contribution in [0.3, 0.4) is 0 Å². The average Bonchev–Trinajstić information content (AvgIpc) is 2.90. The fraction of sp³-hybridized carbons (Fsp3) is 0. The number of anilines is 5. The van der Waals surface area contributed by atoms with Crippen molar-refractivity contribution < 1.29 is 4.79 Å². The number of hydrogen-bond acceptors (Lipinski definition) is 7. The number of nitriles is 1. The van der Waals surface area contributed by atoms with Gasteiger partial charge in [0.25, 0.3) is 5.91 Å². The maximum absolute atomic E-state index is 12.8. The van der Waals surface area contributed by atoms with E-state index in [4.69, 9.17) is 0 Å². The van der Waals surface area contributed by atoms with Crippen molar-refractivity contribution in [2.45, 2.75) is 0 Å². The van der Waals surface area contributed by atoms with Gasteiger partial charge in [-0.05, 0) is 66.7 Å². The van der Waals surface area contributed by atoms with Crippen molar-refractivity contribution >= 4 is 45.4 Å². The predicted molar refractivity (Wildman–Crippen MR) is 136 cm³/mol. The molecular weight excluding hydrogens is 438 g/mol. The number of nitrogens with zero attached hydrogens (tertiary/aromatic N) is 4. The number of benzene rings is 2. The molecule has 8 nitrogen and oxygen atoms in total. The van der Waals surface area contributed by atoms with Gasteiger partial charge < -0.3 is 16.0 Å². The molecule has 5 aromatic rings. The third kappa shape index (κ3) is 5.05. The number of pyridine rings is 3. The lowest BCUT2D eigenvalue weighted by Crippen LogP contribution is -2.12. The molecule has 0 aliphatic carbocycles. The molecule has 3 heterocycles. The second-order valence-corrected chi connectivity index (χ2v) is 7.66. The first-order valence-electron chi connectivity index (χ1n) is 10.8. The average molecular weight is 457 g/mol. The molecule has 0 saturated carbocycles. The Kier molecular flexibility index (Phi) is 5.96. The smallest absolute Gasteiger partial charge is 0.257 e. The Balaban J connectivity index is 1.28. The van der Waals surface area contributed by atoms with E-state index in [9.17, 15) is 10.1 Å². The van der Waals surface area contributed by atoms with Crippen LogP contribution in [0.4, 0.5) is 28.6 Å². The highest BCUT2D eigenvalue weighted by Gasteiger charge is 2.09. The molecule has 5 rings (SSSR count). The molecule has 0 bridgehead atoms. The van der Waals surface area contributed by atoms with Crippen LogP contribution in [0.15, 0.2) is 97.6 Å². The molecule has 0 aliphatic heterocycles. The molecular formula is C27H19N7O. The summed E-state index contributed by atoms with van der Waals surface area (Å²) < 4.78 is 0. The number of nitrogens with one attached hydrogen (secondary N) is 3. The Hall–Kier alpha value is -5.29. The van der Waals surface area contributed by atoms with E-state index < -0.39 is 0 Å². The molecule has 0 aliphatic rings. The van der Waals surface area contributed by atoms with Crippen molar-refractivity contribution in [3.63, 3.8) is 0 Å². The largest absolute Gasteiger partial charge is 0.355 e. The van der Waals surface area contributed by atoms with Crippen LogP contribution in [0.5, 0.6) is 0 Å². The molecule has 8 heteroatoms. The van der Waals surface area contributed by atoms with E-state index in [1.807, 2.05) is 48.5 Å². The number of fused-ring (bicyclic) bond motifs is 1. The lowest BCUT2D eigenvalue weighted by molar-refractivity contribution is 0.102. The Labute approximate surface area is 201 Å². The van der Waals surface area contributed by atoms with Crippen LogP contribution in [0.2, 0.25) is 0 Å². The topological polar surface area (TPSA) is 116 Å². The van der Waals surface area contributed by atoms with E-state index in [-0.39, 0.29) is 5.91 Å². The molecule has 3 aromatic heterocycles. The summed E-state index contributed by atoms with van der Waals surface area (Å²) in [6.45, 7) is 0. The van der Waals surface area contributed by atoms with Crippen LogP contribution in [-0.2, 0) is 0 Å². The molecule has 0 fully saturated rings. The lowest BCUT2D eigenvalue weighted by atomic mass is 10.1. The van der Waals surface area contributed by atoms with Gasteiger partial charge >= 0.3 is 0 Å². The number of amides is 1. The van der Waals surface area contributed by atoms with Crippen molar-refractivity contribution in [3.8, 4) is 6.07 Å². The van der Waals surface area contributed by atoms with Gasteiger partial charge in [-0.3, -0.25) is 14.8 Å². The molecule has 2 aromatic carbocycles. The Morgan fingerprint density at radius 2 is 1.66 bits per heavy atom. The van der Waals surface area contributed by atoms with E-state index in [0.717, 1.165) is 28.0 Å². The van der Waals surface area contributed by atoms with Gasteiger partial charge in [-0.25, -0.2) is 4.98 Å². The van der Waals surface area contributed by atoms with Gasteiger partial charge in [-0.15, -0.1) is 0 Å². The van der Waals surface area contributed by atoms with Crippen LogP contribution in [0.25, 0.3) is 10.9 Å². The van der Waals surface area contributed by atoms with Crippen LogP contribution in [0, 0.1) is 11.3 Å². The molecule has 0 atom stereocenters. The van der Waals surface area contributed by atoms with E-state index >= 15 is 0 Å². The minimum absolute atomic E-state index is 0.266. The summed E-state index contributed by atoms with van der Waals surface area (Å²) >= 11 is 0. The molecule has 168 valence electrons. The van der Waals surface area contributed by atoms with Gasteiger partial charge in [-0.2, -0.15) is 5.26 Å². The molecule has 3 N–H and O–H groups in total. The second kappa shape index (κ2) is 9.68. The fourth-order valence-electron chi connectivity index (χ4n) is 3.54. The standard InChI is InChI=1S/C27H19N7O/c28-16-18-4-6-24-23(14-18)25(10-13-30-24)34-26-7-5-19(17-31-26)27(35)33-22-3-1-2-21(15-22)32-20-8-11-29-12-9-20/h1-15,17H,(H,29,32)(H,33,35)(H,30,31,34). The summed E-state index contributed by atoms with van der Waals surface area (Å²) in [4.78, 5) is 25.5. The van der Waals surface area contributed by atoms with Gasteiger partial charge in [0, 0.05) is 47.2 Å². The Bertz CT molecular complexity index is 1540. The number of aromatic nitrogens is 3. The fourth-order valence-corrected chi connectivity index (χ4v) is 3.54. The zero-order valence-corrected chi connectivity index (χ0v) is 18.4. The minimum Gasteiger partial charge on any atom is -0.355 e. The summed E-state index contributed by atoms with van der Waals surface area (Å²) in [7, 11) is 0. The molecule has 1 amide bonds. The van der Waals surface area contributed by atoms with Crippen molar-refractivity contribution in [2.75, 3.05) is 16.0 Å². The maximum Gasteiger partial charge on any atom is 0.257 e. The molecule has 0 radical (unpaired) electrons. The van der Waals surface area contributed by atoms with Crippen molar-refractivity contribution in [3.05, 3.63) is 109 Å². The highest BCUT2D eigenvalue weighted by molar-refractivity contribution is 6.04. The van der Waals surface area contributed by atoms with E-state index in [0.29, 0.717) is 22.6 Å². The molecule has 0 unspecified atom stereocenters. The third-order valence-electron chi connectivity index (χ3n) is 5.25. The number of hydrogen-bond donors (Lipinski definition) is 3. The van der Waals surface area contributed by atoms with E-state index in [1.54, 1.807) is 42.9 Å². The number of rotatable bonds is 6. The Morgan fingerprint density at radius 3 is 2.46 bits per heavy atom. The highest BCUT2D eigenvalue weighted by atomic mass is 16.1. The quantitative estimate of drug-likeness (QED) is 0.302. The minimum atomic E-state index is -0.266. The SMILES string of the molecule is N#Cc1ccc2nccc(Nc3ccc(C(=O)Nc4cccc(Nc5ccncc5)c4)cn3)c2c1. The van der Waals surface area contributed by atoms with Crippen LogP contribution < -0.4 is 16.0 Å². The first-order chi connectivity index (χ1) is 17.2. The molecule has 0 saturated heterocycles. The predicted octanol–water partition coefficient (Wildman–Crippen LogP) is 5.64. The lowest BCUT2D eigenvalue weighted by Gasteiger charge is -2.11.